The maximum absolute atomic E-state index is 10.3. The molecule has 0 aromatic heterocycles. The van der Waals surface area contributed by atoms with E-state index >= 15 is 0 Å². The predicted molar refractivity (Wildman–Crippen MR) is 67.5 cm³/mol. The van der Waals surface area contributed by atoms with Gasteiger partial charge in [-0.1, -0.05) is 26.2 Å². The van der Waals surface area contributed by atoms with Gasteiger partial charge in [0.25, 0.3) is 0 Å². The Morgan fingerprint density at radius 1 is 1.38 bits per heavy atom. The Balaban J connectivity index is 2.44. The Morgan fingerprint density at radius 2 is 2.06 bits per heavy atom. The van der Waals surface area contributed by atoms with Gasteiger partial charge in [0.1, 0.15) is 0 Å². The minimum atomic E-state index is -0.196. The molecule has 2 heteroatoms. The van der Waals surface area contributed by atoms with Crippen molar-refractivity contribution in [2.24, 2.45) is 11.8 Å². The summed E-state index contributed by atoms with van der Waals surface area (Å²) < 4.78 is 5.39. The Morgan fingerprint density at radius 3 is 2.62 bits per heavy atom. The summed E-state index contributed by atoms with van der Waals surface area (Å²) in [6.07, 6.45) is 6.86. The van der Waals surface area contributed by atoms with Gasteiger partial charge >= 0.3 is 0 Å². The molecule has 0 radical (unpaired) electrons. The normalized spacial score (nSPS) is 29.1. The molecular weight excluding hydrogens is 200 g/mol. The third-order valence-corrected chi connectivity index (χ3v) is 4.20. The van der Waals surface area contributed by atoms with E-state index in [0.29, 0.717) is 5.92 Å². The summed E-state index contributed by atoms with van der Waals surface area (Å²) in [4.78, 5) is 0. The molecule has 0 saturated heterocycles. The molecule has 3 unspecified atom stereocenters. The van der Waals surface area contributed by atoms with Crippen molar-refractivity contribution in [1.82, 2.24) is 0 Å². The third kappa shape index (κ3) is 4.06. The first-order valence-electron chi connectivity index (χ1n) is 6.71. The fraction of sp³-hybridized carbons (Fsp3) is 1.00. The van der Waals surface area contributed by atoms with E-state index in [2.05, 4.69) is 20.8 Å². The smallest absolute Gasteiger partial charge is 0.0647 e. The van der Waals surface area contributed by atoms with Crippen LogP contribution in [0.3, 0.4) is 0 Å². The summed E-state index contributed by atoms with van der Waals surface area (Å²) in [5.41, 5.74) is -0.196. The van der Waals surface area contributed by atoms with E-state index < -0.39 is 0 Å². The lowest BCUT2D eigenvalue weighted by molar-refractivity contribution is -0.0421. The lowest BCUT2D eigenvalue weighted by Gasteiger charge is -2.35. The van der Waals surface area contributed by atoms with Gasteiger partial charge < -0.3 is 9.84 Å². The van der Waals surface area contributed by atoms with Crippen LogP contribution in [0, 0.1) is 11.8 Å². The first-order chi connectivity index (χ1) is 7.48. The highest BCUT2D eigenvalue weighted by molar-refractivity contribution is 4.82. The number of rotatable bonds is 5. The zero-order valence-corrected chi connectivity index (χ0v) is 11.3. The third-order valence-electron chi connectivity index (χ3n) is 4.20. The van der Waals surface area contributed by atoms with Gasteiger partial charge in [-0.15, -0.1) is 0 Å². The fourth-order valence-electron chi connectivity index (χ4n) is 2.81. The van der Waals surface area contributed by atoms with Crippen LogP contribution in [0.5, 0.6) is 0 Å². The second kappa shape index (κ2) is 6.02. The van der Waals surface area contributed by atoms with Crippen molar-refractivity contribution in [3.63, 3.8) is 0 Å². The quantitative estimate of drug-likeness (QED) is 0.781. The molecule has 0 aromatic carbocycles. The van der Waals surface area contributed by atoms with E-state index in [-0.39, 0.29) is 11.7 Å². The standard InChI is InChI=1S/C14H28O2/c1-5-11-7-6-8-12(9-11)13(15)10-14(2,3)16-4/h11-13,15H,5-10H2,1-4H3. The zero-order chi connectivity index (χ0) is 12.2. The van der Waals surface area contributed by atoms with E-state index in [0.717, 1.165) is 12.3 Å². The van der Waals surface area contributed by atoms with Crippen molar-refractivity contribution in [2.75, 3.05) is 7.11 Å². The summed E-state index contributed by atoms with van der Waals surface area (Å²) in [5.74, 6) is 1.33. The largest absolute Gasteiger partial charge is 0.393 e. The number of methoxy groups -OCH3 is 1. The zero-order valence-electron chi connectivity index (χ0n) is 11.3. The maximum Gasteiger partial charge on any atom is 0.0647 e. The summed E-state index contributed by atoms with van der Waals surface area (Å²) in [6.45, 7) is 6.37. The van der Waals surface area contributed by atoms with Crippen molar-refractivity contribution in [3.8, 4) is 0 Å². The lowest BCUT2D eigenvalue weighted by Crippen LogP contribution is -2.35. The van der Waals surface area contributed by atoms with Crippen molar-refractivity contribution in [2.45, 2.75) is 71.0 Å². The van der Waals surface area contributed by atoms with Gasteiger partial charge in [-0.25, -0.2) is 0 Å². The topological polar surface area (TPSA) is 29.5 Å². The highest BCUT2D eigenvalue weighted by Gasteiger charge is 2.30. The average molecular weight is 228 g/mol. The van der Waals surface area contributed by atoms with Crippen LogP contribution < -0.4 is 0 Å². The summed E-state index contributed by atoms with van der Waals surface area (Å²) in [7, 11) is 1.72. The Labute approximate surface area is 100 Å². The molecule has 0 spiro atoms. The molecule has 1 saturated carbocycles. The van der Waals surface area contributed by atoms with Gasteiger partial charge in [-0.2, -0.15) is 0 Å². The van der Waals surface area contributed by atoms with E-state index in [1.807, 2.05) is 0 Å². The van der Waals surface area contributed by atoms with Crippen LogP contribution in [-0.4, -0.2) is 23.9 Å². The molecule has 0 amide bonds. The number of hydrogen-bond donors (Lipinski definition) is 1. The second-order valence-electron chi connectivity index (χ2n) is 5.94. The van der Waals surface area contributed by atoms with Crippen molar-refractivity contribution in [3.05, 3.63) is 0 Å². The lowest BCUT2D eigenvalue weighted by atomic mass is 9.76. The Kier molecular flexibility index (Phi) is 5.26. The molecule has 1 N–H and O–H groups in total. The average Bonchev–Trinajstić information content (AvgIpc) is 2.28. The van der Waals surface area contributed by atoms with Crippen molar-refractivity contribution in [1.29, 1.82) is 0 Å². The number of aliphatic hydroxyl groups is 1. The van der Waals surface area contributed by atoms with Gasteiger partial charge in [0, 0.05) is 13.5 Å². The number of aliphatic hydroxyl groups excluding tert-OH is 1. The molecule has 0 heterocycles. The van der Waals surface area contributed by atoms with Crippen LogP contribution in [-0.2, 0) is 4.74 Å². The van der Waals surface area contributed by atoms with Crippen LogP contribution in [0.1, 0.15) is 59.3 Å². The second-order valence-corrected chi connectivity index (χ2v) is 5.94. The minimum Gasteiger partial charge on any atom is -0.393 e. The van der Waals surface area contributed by atoms with Gasteiger partial charge in [0.2, 0.25) is 0 Å². The first-order valence-corrected chi connectivity index (χ1v) is 6.71. The van der Waals surface area contributed by atoms with Crippen molar-refractivity contribution >= 4 is 0 Å². The molecule has 2 nitrogen and oxygen atoms in total. The van der Waals surface area contributed by atoms with Gasteiger partial charge in [-0.05, 0) is 38.5 Å². The fourth-order valence-corrected chi connectivity index (χ4v) is 2.81. The summed E-state index contributed by atoms with van der Waals surface area (Å²) in [6, 6.07) is 0. The van der Waals surface area contributed by atoms with Gasteiger partial charge in [0.15, 0.2) is 0 Å². The van der Waals surface area contributed by atoms with Gasteiger partial charge in [-0.3, -0.25) is 0 Å². The Bertz CT molecular complexity index is 201. The maximum atomic E-state index is 10.3. The molecule has 0 aromatic rings. The summed E-state index contributed by atoms with van der Waals surface area (Å²) in [5, 5.41) is 10.3. The minimum absolute atomic E-state index is 0.190. The van der Waals surface area contributed by atoms with Crippen LogP contribution in [0.15, 0.2) is 0 Å². The molecule has 0 aliphatic heterocycles. The molecular formula is C14H28O2. The first kappa shape index (κ1) is 14.0. The van der Waals surface area contributed by atoms with Crippen LogP contribution in [0.2, 0.25) is 0 Å². The van der Waals surface area contributed by atoms with E-state index in [1.165, 1.54) is 32.1 Å². The molecule has 1 rings (SSSR count). The van der Waals surface area contributed by atoms with Gasteiger partial charge in [0.05, 0.1) is 11.7 Å². The Hall–Kier alpha value is -0.0800. The molecule has 96 valence electrons. The van der Waals surface area contributed by atoms with E-state index in [9.17, 15) is 5.11 Å². The number of hydrogen-bond acceptors (Lipinski definition) is 2. The summed E-state index contributed by atoms with van der Waals surface area (Å²) >= 11 is 0. The highest BCUT2D eigenvalue weighted by atomic mass is 16.5. The van der Waals surface area contributed by atoms with Crippen molar-refractivity contribution < 1.29 is 9.84 Å². The molecule has 1 aliphatic carbocycles. The monoisotopic (exact) mass is 228 g/mol. The SMILES string of the molecule is CCC1CCCC(C(O)CC(C)(C)OC)C1. The molecule has 0 bridgehead atoms. The van der Waals surface area contributed by atoms with E-state index in [4.69, 9.17) is 4.74 Å². The van der Waals surface area contributed by atoms with Crippen LogP contribution in [0.25, 0.3) is 0 Å². The molecule has 1 fully saturated rings. The number of ether oxygens (including phenoxy) is 1. The predicted octanol–water partition coefficient (Wildman–Crippen LogP) is 3.38. The molecule has 1 aliphatic rings. The molecule has 3 atom stereocenters. The molecule has 16 heavy (non-hydrogen) atoms. The van der Waals surface area contributed by atoms with Crippen LogP contribution >= 0.6 is 0 Å². The van der Waals surface area contributed by atoms with Crippen LogP contribution in [0.4, 0.5) is 0 Å². The highest BCUT2D eigenvalue weighted by Crippen LogP contribution is 2.35. The van der Waals surface area contributed by atoms with E-state index in [1.54, 1.807) is 7.11 Å².